The van der Waals surface area contributed by atoms with Crippen molar-refractivity contribution in [1.29, 1.82) is 0 Å². The van der Waals surface area contributed by atoms with Crippen molar-refractivity contribution in [2.75, 3.05) is 7.05 Å². The van der Waals surface area contributed by atoms with Crippen LogP contribution < -0.4 is 17.3 Å². The zero-order valence-electron chi connectivity index (χ0n) is 14.4. The molecule has 0 aromatic carbocycles. The maximum atomic E-state index is 10.0. The fourth-order valence-electron chi connectivity index (χ4n) is 3.57. The highest BCUT2D eigenvalue weighted by Crippen LogP contribution is 2.17. The maximum Gasteiger partial charge on any atom is 0.0899 e. The number of aliphatic hydroxyl groups excluding tert-OH is 2. The van der Waals surface area contributed by atoms with E-state index < -0.39 is 0 Å². The zero-order valence-corrected chi connectivity index (χ0v) is 15.2. The molecule has 7 N–H and O–H groups in total. The van der Waals surface area contributed by atoms with Crippen LogP contribution in [0.1, 0.15) is 71.6 Å². The average Bonchev–Trinajstić information content (AvgIpc) is 2.35. The number of nitrogens with one attached hydrogen (secondary N) is 1. The Morgan fingerprint density at radius 1 is 0.909 bits per heavy atom. The molecule has 5 nitrogen and oxygen atoms in total. The number of rotatable bonds is 8. The number of piperidine rings is 1. The third-order valence-corrected chi connectivity index (χ3v) is 4.75. The second-order valence-electron chi connectivity index (χ2n) is 6.43. The van der Waals surface area contributed by atoms with E-state index in [0.29, 0.717) is 12.1 Å². The molecule has 1 unspecified atom stereocenters. The molecule has 0 spiro atoms. The van der Waals surface area contributed by atoms with Gasteiger partial charge < -0.3 is 38.5 Å². The Hall–Kier alpha value is 0.0900. The van der Waals surface area contributed by atoms with Crippen molar-refractivity contribution in [1.82, 2.24) is 0 Å². The van der Waals surface area contributed by atoms with E-state index in [4.69, 9.17) is 0 Å². The Morgan fingerprint density at radius 2 is 1.27 bits per heavy atom. The van der Waals surface area contributed by atoms with E-state index >= 15 is 0 Å². The van der Waals surface area contributed by atoms with Crippen LogP contribution in [0.15, 0.2) is 0 Å². The van der Waals surface area contributed by atoms with E-state index in [2.05, 4.69) is 20.9 Å². The van der Waals surface area contributed by atoms with Crippen LogP contribution in [0.25, 0.3) is 0 Å². The van der Waals surface area contributed by atoms with E-state index in [9.17, 15) is 10.2 Å². The first-order valence-electron chi connectivity index (χ1n) is 8.27. The molecule has 0 bridgehead atoms. The lowest BCUT2D eigenvalue weighted by Crippen LogP contribution is -3.17. The van der Waals surface area contributed by atoms with Gasteiger partial charge in [0, 0.05) is 12.8 Å². The van der Waals surface area contributed by atoms with Crippen molar-refractivity contribution >= 4 is 0 Å². The van der Waals surface area contributed by atoms with Crippen LogP contribution in [0.3, 0.4) is 0 Å². The number of quaternary nitrogens is 1. The molecule has 1 rings (SSSR count). The lowest BCUT2D eigenvalue weighted by atomic mass is 9.89. The molecule has 138 valence electrons. The molecule has 5 atom stereocenters. The van der Waals surface area contributed by atoms with Crippen molar-refractivity contribution in [3.8, 4) is 0 Å². The van der Waals surface area contributed by atoms with Gasteiger partial charge in [0.2, 0.25) is 0 Å². The van der Waals surface area contributed by atoms with Crippen LogP contribution in [0.2, 0.25) is 0 Å². The normalized spacial score (nSPS) is 26.9. The molecule has 0 aromatic rings. The molecular weight excluding hydrogens is 306 g/mol. The number of likely N-dealkylation sites (tertiary alicyclic amines) is 1. The van der Waals surface area contributed by atoms with Gasteiger partial charge in [-0.2, -0.15) is 0 Å². The lowest BCUT2D eigenvalue weighted by Gasteiger charge is -2.38. The van der Waals surface area contributed by atoms with Crippen molar-refractivity contribution in [3.05, 3.63) is 0 Å². The average molecular weight is 344 g/mol. The molecule has 22 heavy (non-hydrogen) atoms. The van der Waals surface area contributed by atoms with Gasteiger partial charge in [0.1, 0.15) is 0 Å². The van der Waals surface area contributed by atoms with Gasteiger partial charge >= 0.3 is 0 Å². The van der Waals surface area contributed by atoms with Crippen LogP contribution in [-0.2, 0) is 0 Å². The first kappa shape index (κ1) is 27.0. The minimum Gasteiger partial charge on any atom is -1.00 e. The summed E-state index contributed by atoms with van der Waals surface area (Å²) < 4.78 is 0. The predicted molar refractivity (Wildman–Crippen MR) is 86.6 cm³/mol. The molecule has 0 aromatic heterocycles. The van der Waals surface area contributed by atoms with E-state index in [1.807, 2.05) is 0 Å². The monoisotopic (exact) mass is 343 g/mol. The lowest BCUT2D eigenvalue weighted by molar-refractivity contribution is -0.938. The van der Waals surface area contributed by atoms with Gasteiger partial charge in [0.15, 0.2) is 0 Å². The van der Waals surface area contributed by atoms with Crippen molar-refractivity contribution in [2.45, 2.75) is 95.9 Å². The van der Waals surface area contributed by atoms with Gasteiger partial charge in [0.05, 0.1) is 31.3 Å². The molecule has 1 fully saturated rings. The molecule has 1 aliphatic rings. The summed E-state index contributed by atoms with van der Waals surface area (Å²) in [7, 11) is 2.26. The summed E-state index contributed by atoms with van der Waals surface area (Å²) in [5, 5.41) is 20.0. The molecule has 1 heterocycles. The number of hydrogen-bond acceptors (Lipinski definition) is 2. The number of halogens is 1. The van der Waals surface area contributed by atoms with Crippen molar-refractivity contribution in [3.63, 3.8) is 0 Å². The summed E-state index contributed by atoms with van der Waals surface area (Å²) >= 11 is 0. The highest BCUT2D eigenvalue weighted by molar-refractivity contribution is 4.73. The van der Waals surface area contributed by atoms with Gasteiger partial charge in [-0.1, -0.05) is 26.7 Å². The third-order valence-electron chi connectivity index (χ3n) is 4.75. The standard InChI is InChI=1S/C16H33NO2.ClH.2H2O/c1-4-7-15(18)11-13-9-6-10-14(17(13)3)12-16(19)8-5-2;;;/h13-16,18-19H,4-12H2,1-3H3;1H;2*1H2/t13-,14+,15+,16-;;;. The first-order chi connectivity index (χ1) is 9.08. The highest BCUT2D eigenvalue weighted by atomic mass is 35.5. The van der Waals surface area contributed by atoms with Gasteiger partial charge in [0.25, 0.3) is 0 Å². The van der Waals surface area contributed by atoms with Crippen molar-refractivity contribution in [2.24, 2.45) is 0 Å². The van der Waals surface area contributed by atoms with E-state index in [1.54, 1.807) is 0 Å². The van der Waals surface area contributed by atoms with E-state index in [1.165, 1.54) is 24.2 Å². The zero-order chi connectivity index (χ0) is 14.3. The Morgan fingerprint density at radius 3 is 1.59 bits per heavy atom. The first-order valence-corrected chi connectivity index (χ1v) is 8.27. The smallest absolute Gasteiger partial charge is 0.0899 e. The highest BCUT2D eigenvalue weighted by Gasteiger charge is 2.33. The molecular formula is C16H38ClNO4. The van der Waals surface area contributed by atoms with Crippen LogP contribution in [0.4, 0.5) is 0 Å². The van der Waals surface area contributed by atoms with E-state index in [-0.39, 0.29) is 35.6 Å². The van der Waals surface area contributed by atoms with Crippen LogP contribution in [-0.4, -0.2) is 52.5 Å². The molecule has 1 aliphatic heterocycles. The van der Waals surface area contributed by atoms with Gasteiger partial charge in [-0.15, -0.1) is 0 Å². The topological polar surface area (TPSA) is 108 Å². The molecule has 0 amide bonds. The minimum atomic E-state index is -0.135. The minimum absolute atomic E-state index is 0. The second-order valence-corrected chi connectivity index (χ2v) is 6.43. The summed E-state index contributed by atoms with van der Waals surface area (Å²) in [5.41, 5.74) is 0. The molecule has 0 aliphatic carbocycles. The van der Waals surface area contributed by atoms with Gasteiger partial charge in [-0.3, -0.25) is 0 Å². The Kier molecular flexibility index (Phi) is 18.0. The van der Waals surface area contributed by atoms with E-state index in [0.717, 1.165) is 38.5 Å². The van der Waals surface area contributed by atoms with Crippen LogP contribution >= 0.6 is 0 Å². The molecule has 0 radical (unpaired) electrons. The van der Waals surface area contributed by atoms with Crippen LogP contribution in [0.5, 0.6) is 0 Å². The fraction of sp³-hybridized carbons (Fsp3) is 1.00. The van der Waals surface area contributed by atoms with Gasteiger partial charge in [-0.05, 0) is 32.1 Å². The number of hydrogen-bond donors (Lipinski definition) is 3. The fourth-order valence-corrected chi connectivity index (χ4v) is 3.57. The molecule has 6 heteroatoms. The summed E-state index contributed by atoms with van der Waals surface area (Å²) in [5.74, 6) is 0. The number of aliphatic hydroxyl groups is 2. The quantitative estimate of drug-likeness (QED) is 0.433. The van der Waals surface area contributed by atoms with Crippen molar-refractivity contribution < 1.29 is 38.5 Å². The second kappa shape index (κ2) is 14.7. The van der Waals surface area contributed by atoms with Gasteiger partial charge in [-0.25, -0.2) is 0 Å². The summed E-state index contributed by atoms with van der Waals surface area (Å²) in [6.07, 6.45) is 9.27. The maximum absolute atomic E-state index is 10.0. The SMILES string of the molecule is CCC[C@@H](O)C[C@@H]1CCC[C@H](C[C@@H](O)CCC)[NH+]1C.O.O.[Cl-]. The third kappa shape index (κ3) is 9.28. The summed E-state index contributed by atoms with van der Waals surface area (Å²) in [6, 6.07) is 1.16. The predicted octanol–water partition coefficient (Wildman–Crippen LogP) is -3.12. The largest absolute Gasteiger partial charge is 1.00 e. The molecule has 0 saturated carbocycles. The Labute approximate surface area is 142 Å². The Balaban J connectivity index is -0.00000120. The Bertz CT molecular complexity index is 224. The summed E-state index contributed by atoms with van der Waals surface area (Å²) in [6.45, 7) is 4.26. The molecule has 1 saturated heterocycles. The summed E-state index contributed by atoms with van der Waals surface area (Å²) in [4.78, 5) is 1.54. The van der Waals surface area contributed by atoms with Crippen LogP contribution in [0, 0.1) is 0 Å².